The fraction of sp³-hybridized carbons (Fsp3) is 0. The van der Waals surface area contributed by atoms with Gasteiger partial charge < -0.3 is 5.32 Å². The van der Waals surface area contributed by atoms with Gasteiger partial charge in [-0.25, -0.2) is 0 Å². The summed E-state index contributed by atoms with van der Waals surface area (Å²) in [6.45, 7) is 7.97. The van der Waals surface area contributed by atoms with Crippen LogP contribution in [0, 0.1) is 0 Å². The first kappa shape index (κ1) is 18.5. The Kier molecular flexibility index (Phi) is 5.40. The van der Waals surface area contributed by atoms with Crippen LogP contribution in [-0.2, 0) is 0 Å². The molecule has 1 heteroatoms. The first-order chi connectivity index (χ1) is 14.3. The maximum atomic E-state index is 4.02. The van der Waals surface area contributed by atoms with Crippen molar-refractivity contribution in [2.75, 3.05) is 5.32 Å². The lowest BCUT2D eigenvalue weighted by atomic mass is 9.94. The van der Waals surface area contributed by atoms with E-state index in [1.54, 1.807) is 0 Å². The van der Waals surface area contributed by atoms with Crippen molar-refractivity contribution in [3.8, 4) is 22.3 Å². The minimum atomic E-state index is 1.06. The molecule has 140 valence electrons. The number of rotatable bonds is 6. The average molecular weight is 373 g/mol. The molecule has 1 nitrogen and oxygen atoms in total. The summed E-state index contributed by atoms with van der Waals surface area (Å²) < 4.78 is 0. The van der Waals surface area contributed by atoms with Crippen molar-refractivity contribution in [2.45, 2.75) is 0 Å². The maximum absolute atomic E-state index is 4.02. The van der Waals surface area contributed by atoms with Crippen LogP contribution >= 0.6 is 0 Å². The summed E-state index contributed by atoms with van der Waals surface area (Å²) in [6, 6.07) is 33.5. The van der Waals surface area contributed by atoms with Gasteiger partial charge in [0.1, 0.15) is 0 Å². The summed E-state index contributed by atoms with van der Waals surface area (Å²) in [6.07, 6.45) is 3.78. The summed E-state index contributed by atoms with van der Waals surface area (Å²) >= 11 is 0. The number of nitrogens with one attached hydrogen (secondary N) is 1. The van der Waals surface area contributed by atoms with Crippen LogP contribution in [0.1, 0.15) is 11.1 Å². The van der Waals surface area contributed by atoms with E-state index < -0.39 is 0 Å². The van der Waals surface area contributed by atoms with Gasteiger partial charge in [-0.3, -0.25) is 0 Å². The summed E-state index contributed by atoms with van der Waals surface area (Å²) in [7, 11) is 0. The van der Waals surface area contributed by atoms with Crippen molar-refractivity contribution >= 4 is 23.5 Å². The Hall–Kier alpha value is -3.84. The monoisotopic (exact) mass is 373 g/mol. The van der Waals surface area contributed by atoms with Gasteiger partial charge in [-0.1, -0.05) is 110 Å². The van der Waals surface area contributed by atoms with Gasteiger partial charge in [0.15, 0.2) is 0 Å². The zero-order valence-electron chi connectivity index (χ0n) is 16.3. The minimum absolute atomic E-state index is 1.06. The zero-order valence-corrected chi connectivity index (χ0v) is 16.3. The number of anilines is 2. The predicted molar refractivity (Wildman–Crippen MR) is 127 cm³/mol. The van der Waals surface area contributed by atoms with E-state index >= 15 is 0 Å². The normalized spacial score (nSPS) is 10.3. The van der Waals surface area contributed by atoms with Crippen molar-refractivity contribution in [3.05, 3.63) is 121 Å². The number of benzene rings is 4. The maximum Gasteiger partial charge on any atom is 0.0464 e. The van der Waals surface area contributed by atoms with Crippen LogP contribution < -0.4 is 5.32 Å². The highest BCUT2D eigenvalue weighted by Gasteiger charge is 2.12. The van der Waals surface area contributed by atoms with Crippen LogP contribution in [-0.4, -0.2) is 0 Å². The Morgan fingerprint density at radius 2 is 1.10 bits per heavy atom. The molecule has 0 saturated heterocycles. The smallest absolute Gasteiger partial charge is 0.0464 e. The molecule has 0 amide bonds. The zero-order chi connectivity index (χ0) is 20.1. The Bertz CT molecular complexity index is 1160. The van der Waals surface area contributed by atoms with Crippen molar-refractivity contribution in [1.82, 2.24) is 0 Å². The number of hydrogen-bond acceptors (Lipinski definition) is 1. The molecule has 0 spiro atoms. The molecule has 0 saturated carbocycles. The third-order valence-electron chi connectivity index (χ3n) is 5.06. The molecule has 0 aromatic heterocycles. The van der Waals surface area contributed by atoms with E-state index in [-0.39, 0.29) is 0 Å². The van der Waals surface area contributed by atoms with E-state index in [1.807, 2.05) is 18.2 Å². The SMILES string of the molecule is C=Cc1cccc(-c2ccccc2Nc2ccccc2-c2ccccc2)c1C=C. The van der Waals surface area contributed by atoms with E-state index in [9.17, 15) is 0 Å². The highest BCUT2D eigenvalue weighted by molar-refractivity contribution is 5.90. The van der Waals surface area contributed by atoms with Crippen LogP contribution in [0.4, 0.5) is 11.4 Å². The molecule has 1 N–H and O–H groups in total. The molecule has 29 heavy (non-hydrogen) atoms. The summed E-state index contributed by atoms with van der Waals surface area (Å²) in [5.74, 6) is 0. The quantitative estimate of drug-likeness (QED) is 0.360. The lowest BCUT2D eigenvalue weighted by Crippen LogP contribution is -1.97. The lowest BCUT2D eigenvalue weighted by Gasteiger charge is -2.17. The Morgan fingerprint density at radius 1 is 0.517 bits per heavy atom. The fourth-order valence-electron chi connectivity index (χ4n) is 3.66. The van der Waals surface area contributed by atoms with E-state index in [4.69, 9.17) is 0 Å². The molecule has 4 aromatic carbocycles. The molecule has 0 heterocycles. The summed E-state index contributed by atoms with van der Waals surface area (Å²) in [5.41, 5.74) is 8.93. The van der Waals surface area contributed by atoms with E-state index in [2.05, 4.69) is 109 Å². The van der Waals surface area contributed by atoms with Gasteiger partial charge in [0.2, 0.25) is 0 Å². The molecule has 0 unspecified atom stereocenters. The molecular weight excluding hydrogens is 350 g/mol. The van der Waals surface area contributed by atoms with Crippen molar-refractivity contribution < 1.29 is 0 Å². The minimum Gasteiger partial charge on any atom is -0.355 e. The predicted octanol–water partition coefficient (Wildman–Crippen LogP) is 8.05. The van der Waals surface area contributed by atoms with Gasteiger partial charge in [0.05, 0.1) is 0 Å². The molecule has 0 aliphatic rings. The van der Waals surface area contributed by atoms with Crippen LogP contribution in [0.5, 0.6) is 0 Å². The molecule has 0 fully saturated rings. The largest absolute Gasteiger partial charge is 0.355 e. The van der Waals surface area contributed by atoms with Crippen molar-refractivity contribution in [3.63, 3.8) is 0 Å². The number of para-hydroxylation sites is 2. The third kappa shape index (κ3) is 3.76. The molecule has 0 aliphatic carbocycles. The molecular formula is C28H23N. The van der Waals surface area contributed by atoms with Crippen LogP contribution in [0.15, 0.2) is 110 Å². The topological polar surface area (TPSA) is 12.0 Å². The van der Waals surface area contributed by atoms with Crippen LogP contribution in [0.25, 0.3) is 34.4 Å². The van der Waals surface area contributed by atoms with Gasteiger partial charge in [0.25, 0.3) is 0 Å². The van der Waals surface area contributed by atoms with Gasteiger partial charge in [-0.2, -0.15) is 0 Å². The highest BCUT2D eigenvalue weighted by atomic mass is 14.9. The molecule has 4 rings (SSSR count). The fourth-order valence-corrected chi connectivity index (χ4v) is 3.66. The first-order valence-electron chi connectivity index (χ1n) is 9.70. The van der Waals surface area contributed by atoms with Crippen molar-refractivity contribution in [1.29, 1.82) is 0 Å². The molecule has 0 atom stereocenters. The summed E-state index contributed by atoms with van der Waals surface area (Å²) in [5, 5.41) is 3.67. The second kappa shape index (κ2) is 8.45. The van der Waals surface area contributed by atoms with E-state index in [1.165, 1.54) is 11.1 Å². The second-order valence-electron chi connectivity index (χ2n) is 6.80. The van der Waals surface area contributed by atoms with Gasteiger partial charge in [-0.05, 0) is 34.4 Å². The van der Waals surface area contributed by atoms with Gasteiger partial charge in [-0.15, -0.1) is 0 Å². The van der Waals surface area contributed by atoms with Crippen LogP contribution in [0.2, 0.25) is 0 Å². The lowest BCUT2D eigenvalue weighted by molar-refractivity contribution is 1.51. The Labute approximate surface area is 172 Å². The molecule has 0 radical (unpaired) electrons. The standard InChI is InChI=1S/C28H23N/c1-3-21-15-12-18-25(23(21)4-2)26-17-9-11-20-28(26)29-27-19-10-8-16-24(27)22-13-6-5-7-14-22/h3-20,29H,1-2H2. The average Bonchev–Trinajstić information content (AvgIpc) is 2.80. The highest BCUT2D eigenvalue weighted by Crippen LogP contribution is 2.37. The van der Waals surface area contributed by atoms with Gasteiger partial charge >= 0.3 is 0 Å². The molecule has 0 bridgehead atoms. The first-order valence-corrected chi connectivity index (χ1v) is 9.70. The van der Waals surface area contributed by atoms with E-state index in [0.717, 1.165) is 33.6 Å². The van der Waals surface area contributed by atoms with Crippen LogP contribution in [0.3, 0.4) is 0 Å². The van der Waals surface area contributed by atoms with E-state index in [0.29, 0.717) is 0 Å². The third-order valence-corrected chi connectivity index (χ3v) is 5.06. The second-order valence-corrected chi connectivity index (χ2v) is 6.80. The van der Waals surface area contributed by atoms with Crippen molar-refractivity contribution in [2.24, 2.45) is 0 Å². The number of hydrogen-bond donors (Lipinski definition) is 1. The molecule has 0 aliphatic heterocycles. The Morgan fingerprint density at radius 3 is 1.79 bits per heavy atom. The van der Waals surface area contributed by atoms with Gasteiger partial charge in [0, 0.05) is 22.5 Å². The molecule has 4 aromatic rings. The Balaban J connectivity index is 1.82. The summed E-state index contributed by atoms with van der Waals surface area (Å²) in [4.78, 5) is 0.